The van der Waals surface area contributed by atoms with Gasteiger partial charge in [-0.15, -0.1) is 0 Å². The van der Waals surface area contributed by atoms with Crippen LogP contribution in [0.25, 0.3) is 0 Å². The molecular formula is C15H15ClN2O3S. The van der Waals surface area contributed by atoms with Crippen LogP contribution in [0, 0.1) is 0 Å². The lowest BCUT2D eigenvalue weighted by molar-refractivity contribution is 0.0963. The minimum absolute atomic E-state index is 0.129. The maximum atomic E-state index is 12.6. The molecule has 1 amide bonds. The van der Waals surface area contributed by atoms with Crippen LogP contribution >= 0.6 is 11.6 Å². The second kappa shape index (κ2) is 6.37. The number of benzene rings is 2. The molecule has 2 aromatic rings. The normalized spacial score (nSPS) is 11.0. The molecule has 0 spiro atoms. The molecule has 0 atom stereocenters. The van der Waals surface area contributed by atoms with Crippen molar-refractivity contribution < 1.29 is 13.2 Å². The Kier molecular flexibility index (Phi) is 4.73. The van der Waals surface area contributed by atoms with E-state index >= 15 is 0 Å². The molecule has 0 aliphatic heterocycles. The molecule has 0 aliphatic carbocycles. The second-order valence-corrected chi connectivity index (χ2v) is 6.96. The van der Waals surface area contributed by atoms with Crippen molar-refractivity contribution in [3.63, 3.8) is 0 Å². The van der Waals surface area contributed by atoms with E-state index in [1.807, 2.05) is 0 Å². The van der Waals surface area contributed by atoms with E-state index in [2.05, 4.69) is 5.32 Å². The predicted molar refractivity (Wildman–Crippen MR) is 86.9 cm³/mol. The summed E-state index contributed by atoms with van der Waals surface area (Å²) in [5.41, 5.74) is 0.786. The summed E-state index contributed by atoms with van der Waals surface area (Å²) in [6, 6.07) is 12.3. The molecule has 0 aliphatic rings. The zero-order valence-corrected chi connectivity index (χ0v) is 13.6. The van der Waals surface area contributed by atoms with E-state index < -0.39 is 10.0 Å². The van der Waals surface area contributed by atoms with Gasteiger partial charge in [0.25, 0.3) is 15.9 Å². The molecule has 0 radical (unpaired) electrons. The van der Waals surface area contributed by atoms with Gasteiger partial charge in [0.1, 0.15) is 0 Å². The molecular weight excluding hydrogens is 324 g/mol. The van der Waals surface area contributed by atoms with Crippen molar-refractivity contribution in [1.29, 1.82) is 0 Å². The Labute approximate surface area is 134 Å². The maximum absolute atomic E-state index is 12.6. The molecule has 1 N–H and O–H groups in total. The largest absolute Gasteiger partial charge is 0.355 e. The fourth-order valence-electron chi connectivity index (χ4n) is 1.89. The molecule has 0 saturated carbocycles. The lowest BCUT2D eigenvalue weighted by Crippen LogP contribution is -2.27. The summed E-state index contributed by atoms with van der Waals surface area (Å²) in [6.07, 6.45) is 0. The van der Waals surface area contributed by atoms with Crippen molar-refractivity contribution in [2.24, 2.45) is 0 Å². The molecule has 2 aromatic carbocycles. The number of carbonyl (C=O) groups excluding carboxylic acids is 1. The van der Waals surface area contributed by atoms with E-state index in [-0.39, 0.29) is 10.8 Å². The summed E-state index contributed by atoms with van der Waals surface area (Å²) in [5, 5.41) is 2.96. The number of halogens is 1. The Morgan fingerprint density at radius 2 is 1.77 bits per heavy atom. The molecule has 7 heteroatoms. The van der Waals surface area contributed by atoms with E-state index in [4.69, 9.17) is 11.6 Å². The van der Waals surface area contributed by atoms with Crippen LogP contribution in [0.5, 0.6) is 0 Å². The Morgan fingerprint density at radius 3 is 2.36 bits per heavy atom. The van der Waals surface area contributed by atoms with Crippen LogP contribution in [0.2, 0.25) is 5.02 Å². The average Bonchev–Trinajstić information content (AvgIpc) is 2.53. The van der Waals surface area contributed by atoms with Gasteiger partial charge in [-0.05, 0) is 42.5 Å². The lowest BCUT2D eigenvalue weighted by atomic mass is 10.2. The fourth-order valence-corrected chi connectivity index (χ4v) is 3.20. The van der Waals surface area contributed by atoms with Crippen LogP contribution in [-0.4, -0.2) is 28.4 Å². The Morgan fingerprint density at radius 1 is 1.14 bits per heavy atom. The van der Waals surface area contributed by atoms with E-state index in [0.717, 1.165) is 4.31 Å². The van der Waals surface area contributed by atoms with Gasteiger partial charge in [-0.2, -0.15) is 0 Å². The van der Waals surface area contributed by atoms with Crippen LogP contribution in [-0.2, 0) is 10.0 Å². The molecule has 0 unspecified atom stereocenters. The first kappa shape index (κ1) is 16.3. The maximum Gasteiger partial charge on any atom is 0.264 e. The minimum atomic E-state index is -3.71. The van der Waals surface area contributed by atoms with Crippen LogP contribution in [0.4, 0.5) is 5.69 Å². The van der Waals surface area contributed by atoms with E-state index in [1.165, 1.54) is 44.4 Å². The van der Waals surface area contributed by atoms with Crippen molar-refractivity contribution >= 4 is 33.2 Å². The number of hydrogen-bond donors (Lipinski definition) is 1. The first-order valence-corrected chi connectivity index (χ1v) is 8.24. The van der Waals surface area contributed by atoms with Crippen molar-refractivity contribution in [2.75, 3.05) is 18.4 Å². The Hall–Kier alpha value is -2.05. The number of amides is 1. The van der Waals surface area contributed by atoms with E-state index in [0.29, 0.717) is 16.3 Å². The van der Waals surface area contributed by atoms with Gasteiger partial charge >= 0.3 is 0 Å². The lowest BCUT2D eigenvalue weighted by Gasteiger charge is -2.20. The molecule has 0 fully saturated rings. The smallest absolute Gasteiger partial charge is 0.264 e. The zero-order chi connectivity index (χ0) is 16.3. The number of nitrogens with zero attached hydrogens (tertiary/aromatic N) is 1. The number of nitrogens with one attached hydrogen (secondary N) is 1. The van der Waals surface area contributed by atoms with Gasteiger partial charge in [0, 0.05) is 24.7 Å². The number of sulfonamides is 1. The molecule has 0 bridgehead atoms. The fraction of sp³-hybridized carbons (Fsp3) is 0.133. The Balaban J connectivity index is 2.40. The molecule has 0 aromatic heterocycles. The third-order valence-electron chi connectivity index (χ3n) is 3.17. The van der Waals surface area contributed by atoms with Crippen molar-refractivity contribution in [1.82, 2.24) is 5.32 Å². The second-order valence-electron chi connectivity index (χ2n) is 4.56. The summed E-state index contributed by atoms with van der Waals surface area (Å²) in [5.74, 6) is -0.279. The summed E-state index contributed by atoms with van der Waals surface area (Å²) in [7, 11) is -0.761. The number of carbonyl (C=O) groups is 1. The van der Waals surface area contributed by atoms with Crippen LogP contribution in [0.1, 0.15) is 10.4 Å². The number of hydrogen-bond acceptors (Lipinski definition) is 3. The van der Waals surface area contributed by atoms with Gasteiger partial charge in [-0.25, -0.2) is 8.42 Å². The Bertz CT molecular complexity index is 789. The third kappa shape index (κ3) is 3.23. The molecule has 2 rings (SSSR count). The van der Waals surface area contributed by atoms with Crippen LogP contribution < -0.4 is 9.62 Å². The highest BCUT2D eigenvalue weighted by molar-refractivity contribution is 7.92. The first-order valence-electron chi connectivity index (χ1n) is 6.43. The van der Waals surface area contributed by atoms with Gasteiger partial charge in [-0.1, -0.05) is 17.7 Å². The highest BCUT2D eigenvalue weighted by Gasteiger charge is 2.21. The van der Waals surface area contributed by atoms with Gasteiger partial charge in [-0.3, -0.25) is 9.10 Å². The third-order valence-corrected chi connectivity index (χ3v) is 5.22. The summed E-state index contributed by atoms with van der Waals surface area (Å²) in [4.78, 5) is 11.8. The monoisotopic (exact) mass is 338 g/mol. The SMILES string of the molecule is CNC(=O)c1cccc(N(C)S(=O)(=O)c2ccc(Cl)cc2)c1. The van der Waals surface area contributed by atoms with E-state index in [9.17, 15) is 13.2 Å². The highest BCUT2D eigenvalue weighted by Crippen LogP contribution is 2.23. The summed E-state index contributed by atoms with van der Waals surface area (Å²) >= 11 is 5.78. The van der Waals surface area contributed by atoms with Crippen LogP contribution in [0.3, 0.4) is 0 Å². The number of rotatable bonds is 4. The quantitative estimate of drug-likeness (QED) is 0.931. The van der Waals surface area contributed by atoms with Crippen molar-refractivity contribution in [2.45, 2.75) is 4.90 Å². The molecule has 0 saturated heterocycles. The topological polar surface area (TPSA) is 66.5 Å². The van der Waals surface area contributed by atoms with Gasteiger partial charge in [0.15, 0.2) is 0 Å². The minimum Gasteiger partial charge on any atom is -0.355 e. The van der Waals surface area contributed by atoms with Gasteiger partial charge < -0.3 is 5.32 Å². The predicted octanol–water partition coefficient (Wildman–Crippen LogP) is 2.52. The van der Waals surface area contributed by atoms with E-state index in [1.54, 1.807) is 18.2 Å². The molecule has 0 heterocycles. The standard InChI is InChI=1S/C15H15ClN2O3S/c1-17-15(19)11-4-3-5-13(10-11)18(2)22(20,21)14-8-6-12(16)7-9-14/h3-10H,1-2H3,(H,17,19). The molecule has 22 heavy (non-hydrogen) atoms. The van der Waals surface area contributed by atoms with Crippen molar-refractivity contribution in [3.8, 4) is 0 Å². The zero-order valence-electron chi connectivity index (χ0n) is 12.1. The van der Waals surface area contributed by atoms with Gasteiger partial charge in [0.05, 0.1) is 10.6 Å². The van der Waals surface area contributed by atoms with Crippen LogP contribution in [0.15, 0.2) is 53.4 Å². The molecule has 5 nitrogen and oxygen atoms in total. The number of anilines is 1. The summed E-state index contributed by atoms with van der Waals surface area (Å²) in [6.45, 7) is 0. The van der Waals surface area contributed by atoms with Crippen molar-refractivity contribution in [3.05, 3.63) is 59.1 Å². The first-order chi connectivity index (χ1) is 10.4. The summed E-state index contributed by atoms with van der Waals surface area (Å²) < 4.78 is 26.3. The molecule has 116 valence electrons. The average molecular weight is 339 g/mol. The van der Waals surface area contributed by atoms with Gasteiger partial charge in [0.2, 0.25) is 0 Å². The highest BCUT2D eigenvalue weighted by atomic mass is 35.5.